The number of thiazole rings is 1. The largest absolute Gasteiger partial charge is 0.494 e. The number of carbonyl (C=O) groups excluding carboxylic acids is 1. The van der Waals surface area contributed by atoms with Gasteiger partial charge in [-0.1, -0.05) is 41.7 Å². The lowest BCUT2D eigenvalue weighted by molar-refractivity contribution is 0.0985. The lowest BCUT2D eigenvalue weighted by Gasteiger charge is -2.28. The first-order chi connectivity index (χ1) is 18.3. The predicted molar refractivity (Wildman–Crippen MR) is 151 cm³/mol. The molecule has 0 saturated carbocycles. The number of fused-ring (bicyclic) bond motifs is 2. The second-order valence-electron chi connectivity index (χ2n) is 9.45. The molecule has 1 amide bonds. The Kier molecular flexibility index (Phi) is 7.49. The third-order valence-corrected chi connectivity index (χ3v) is 9.58. The second kappa shape index (κ2) is 10.8. The number of ether oxygens (including phenoxy) is 1. The quantitative estimate of drug-likeness (QED) is 0.326. The number of likely N-dealkylation sites (N-methyl/N-ethyl adjacent to an activating group) is 1. The normalized spacial score (nSPS) is 14.0. The van der Waals surface area contributed by atoms with Gasteiger partial charge in [0.1, 0.15) is 11.3 Å². The minimum atomic E-state index is -3.69. The van der Waals surface area contributed by atoms with Crippen molar-refractivity contribution in [2.45, 2.75) is 17.9 Å². The van der Waals surface area contributed by atoms with Crippen LogP contribution < -0.4 is 9.64 Å². The van der Waals surface area contributed by atoms with Crippen molar-refractivity contribution in [2.75, 3.05) is 45.7 Å². The number of hydrogen-bond donors (Lipinski definition) is 0. The van der Waals surface area contributed by atoms with E-state index in [2.05, 4.69) is 0 Å². The first-order valence-corrected chi connectivity index (χ1v) is 14.6. The Balaban J connectivity index is 1.41. The third kappa shape index (κ3) is 5.17. The topological polar surface area (TPSA) is 83.0 Å². The maximum atomic E-state index is 13.7. The lowest BCUT2D eigenvalue weighted by Crippen LogP contribution is -2.37. The van der Waals surface area contributed by atoms with Crippen molar-refractivity contribution in [3.05, 3.63) is 83.4 Å². The monoisotopic (exact) mass is 550 g/mol. The highest BCUT2D eigenvalue weighted by Crippen LogP contribution is 2.35. The number of nitrogens with zero attached hydrogens (tertiary/aromatic N) is 4. The van der Waals surface area contributed by atoms with Crippen LogP contribution in [0.4, 0.5) is 5.13 Å². The Bertz CT molecular complexity index is 1570. The van der Waals surface area contributed by atoms with E-state index < -0.39 is 10.0 Å². The second-order valence-corrected chi connectivity index (χ2v) is 12.4. The van der Waals surface area contributed by atoms with Crippen molar-refractivity contribution in [1.82, 2.24) is 14.2 Å². The Morgan fingerprint density at radius 2 is 1.74 bits per heavy atom. The summed E-state index contributed by atoms with van der Waals surface area (Å²) in [6.45, 7) is 1.85. The van der Waals surface area contributed by atoms with Crippen LogP contribution in [0.2, 0.25) is 0 Å². The number of rotatable bonds is 8. The zero-order valence-electron chi connectivity index (χ0n) is 21.6. The molecule has 38 heavy (non-hydrogen) atoms. The summed E-state index contributed by atoms with van der Waals surface area (Å²) in [5, 5.41) is 0.569. The fraction of sp³-hybridized carbons (Fsp3) is 0.286. The molecule has 198 valence electrons. The van der Waals surface area contributed by atoms with Gasteiger partial charge in [-0.15, -0.1) is 0 Å². The smallest absolute Gasteiger partial charge is 0.260 e. The van der Waals surface area contributed by atoms with Gasteiger partial charge in [0.15, 0.2) is 5.13 Å². The summed E-state index contributed by atoms with van der Waals surface area (Å²) in [5.41, 5.74) is 3.32. The zero-order chi connectivity index (χ0) is 26.9. The van der Waals surface area contributed by atoms with Crippen LogP contribution in [0.25, 0.3) is 10.2 Å². The van der Waals surface area contributed by atoms with Crippen LogP contribution in [-0.2, 0) is 23.0 Å². The third-order valence-electron chi connectivity index (χ3n) is 6.67. The van der Waals surface area contributed by atoms with Crippen molar-refractivity contribution < 1.29 is 17.9 Å². The molecule has 0 spiro atoms. The Labute approximate surface area is 227 Å². The minimum Gasteiger partial charge on any atom is -0.494 e. The molecule has 0 bridgehead atoms. The van der Waals surface area contributed by atoms with Gasteiger partial charge in [-0.2, -0.15) is 4.31 Å². The first kappa shape index (κ1) is 26.3. The highest BCUT2D eigenvalue weighted by atomic mass is 32.2. The molecular weight excluding hydrogens is 520 g/mol. The summed E-state index contributed by atoms with van der Waals surface area (Å²) in [5.74, 6) is 0.417. The number of benzene rings is 3. The lowest BCUT2D eigenvalue weighted by atomic mass is 10.0. The molecule has 3 aromatic carbocycles. The van der Waals surface area contributed by atoms with E-state index in [0.29, 0.717) is 54.6 Å². The molecule has 1 aromatic heterocycles. The number of amides is 1. The average molecular weight is 551 g/mol. The fourth-order valence-electron chi connectivity index (χ4n) is 4.53. The van der Waals surface area contributed by atoms with E-state index in [1.807, 2.05) is 61.5 Å². The van der Waals surface area contributed by atoms with Crippen LogP contribution in [-0.4, -0.2) is 69.4 Å². The summed E-state index contributed by atoms with van der Waals surface area (Å²) in [6.07, 6.45) is 0.680. The maximum absolute atomic E-state index is 13.7. The van der Waals surface area contributed by atoms with Crippen molar-refractivity contribution in [2.24, 2.45) is 0 Å². The van der Waals surface area contributed by atoms with E-state index >= 15 is 0 Å². The molecule has 1 aliphatic rings. The maximum Gasteiger partial charge on any atom is 0.260 e. The van der Waals surface area contributed by atoms with E-state index in [0.717, 1.165) is 10.3 Å². The molecule has 0 fully saturated rings. The zero-order valence-corrected chi connectivity index (χ0v) is 23.3. The minimum absolute atomic E-state index is 0.179. The van der Waals surface area contributed by atoms with Gasteiger partial charge in [-0.3, -0.25) is 9.69 Å². The van der Waals surface area contributed by atoms with Crippen molar-refractivity contribution in [3.63, 3.8) is 0 Å². The number of aromatic nitrogens is 1. The van der Waals surface area contributed by atoms with Gasteiger partial charge in [0.25, 0.3) is 5.91 Å². The summed E-state index contributed by atoms with van der Waals surface area (Å²) in [4.78, 5) is 22.2. The molecule has 1 aliphatic heterocycles. The Hall–Kier alpha value is -3.31. The van der Waals surface area contributed by atoms with Gasteiger partial charge in [-0.25, -0.2) is 13.4 Å². The Morgan fingerprint density at radius 3 is 2.45 bits per heavy atom. The summed E-state index contributed by atoms with van der Waals surface area (Å²) in [7, 11) is 1.80. The molecule has 5 rings (SSSR count). The molecule has 0 unspecified atom stereocenters. The number of anilines is 1. The van der Waals surface area contributed by atoms with Crippen LogP contribution in [0.3, 0.4) is 0 Å². The number of sulfonamides is 1. The van der Waals surface area contributed by atoms with E-state index in [4.69, 9.17) is 9.72 Å². The number of methoxy groups -OCH3 is 1. The van der Waals surface area contributed by atoms with Crippen LogP contribution in [0.1, 0.15) is 21.5 Å². The Morgan fingerprint density at radius 1 is 1.00 bits per heavy atom. The van der Waals surface area contributed by atoms with Crippen LogP contribution in [0.5, 0.6) is 5.75 Å². The molecule has 0 saturated heterocycles. The number of hydrogen-bond acceptors (Lipinski definition) is 7. The van der Waals surface area contributed by atoms with Crippen LogP contribution in [0.15, 0.2) is 71.6 Å². The fourth-order valence-corrected chi connectivity index (χ4v) is 6.95. The highest BCUT2D eigenvalue weighted by molar-refractivity contribution is 7.89. The molecule has 8 nitrogen and oxygen atoms in total. The first-order valence-electron chi connectivity index (χ1n) is 12.3. The van der Waals surface area contributed by atoms with Gasteiger partial charge in [-0.05, 0) is 68.0 Å². The van der Waals surface area contributed by atoms with Gasteiger partial charge in [0.05, 0.1) is 16.7 Å². The van der Waals surface area contributed by atoms with Crippen molar-refractivity contribution in [3.8, 4) is 5.75 Å². The molecule has 4 aromatic rings. The van der Waals surface area contributed by atoms with Gasteiger partial charge in [0.2, 0.25) is 10.0 Å². The van der Waals surface area contributed by atoms with Gasteiger partial charge in [0, 0.05) is 31.7 Å². The summed E-state index contributed by atoms with van der Waals surface area (Å²) >= 11 is 1.42. The van der Waals surface area contributed by atoms with E-state index in [1.165, 1.54) is 33.3 Å². The van der Waals surface area contributed by atoms with Gasteiger partial charge >= 0.3 is 0 Å². The molecule has 0 aliphatic carbocycles. The van der Waals surface area contributed by atoms with E-state index in [9.17, 15) is 13.2 Å². The van der Waals surface area contributed by atoms with E-state index in [-0.39, 0.29) is 10.8 Å². The SMILES string of the molecule is COc1cccc2sc(N(CCN(C)C)C(=O)c3ccc(S(=O)(=O)N4CCc5ccccc5C4)cc3)nc12. The van der Waals surface area contributed by atoms with Crippen LogP contribution in [0, 0.1) is 0 Å². The predicted octanol–water partition coefficient (Wildman–Crippen LogP) is 4.26. The number of carbonyl (C=O) groups is 1. The van der Waals surface area contributed by atoms with Crippen molar-refractivity contribution >= 4 is 42.6 Å². The average Bonchev–Trinajstić information content (AvgIpc) is 3.37. The summed E-state index contributed by atoms with van der Waals surface area (Å²) in [6, 6.07) is 19.8. The molecule has 0 N–H and O–H groups in total. The molecule has 0 atom stereocenters. The highest BCUT2D eigenvalue weighted by Gasteiger charge is 2.29. The summed E-state index contributed by atoms with van der Waals surface area (Å²) < 4.78 is 34.6. The van der Waals surface area contributed by atoms with Crippen molar-refractivity contribution in [1.29, 1.82) is 0 Å². The van der Waals surface area contributed by atoms with E-state index in [1.54, 1.807) is 24.1 Å². The van der Waals surface area contributed by atoms with Crippen LogP contribution >= 0.6 is 11.3 Å². The standard InChI is InChI=1S/C28H30N4O4S2/c1-30(2)17-18-32(28-29-26-24(36-3)9-6-10-25(26)37-28)27(33)21-11-13-23(14-12-21)38(34,35)31-16-15-20-7-4-5-8-22(20)19-31/h4-14H,15-19H2,1-3H3. The molecule has 0 radical (unpaired) electrons. The molecular formula is C28H30N4O4S2. The number of para-hydroxylation sites is 1. The van der Waals surface area contributed by atoms with Gasteiger partial charge < -0.3 is 9.64 Å². The molecule has 10 heteroatoms. The molecule has 2 heterocycles.